The summed E-state index contributed by atoms with van der Waals surface area (Å²) in [6.07, 6.45) is 1.76. The molecule has 0 spiro atoms. The molecular formula is C47H70O8SSi2. The van der Waals surface area contributed by atoms with E-state index in [0.717, 1.165) is 23.7 Å². The molecule has 5 atom stereocenters. The molecule has 0 N–H and O–H groups in total. The second-order valence-corrected chi connectivity index (χ2v) is 29.4. The summed E-state index contributed by atoms with van der Waals surface area (Å²) in [4.78, 5) is 0.264. The molecule has 5 rings (SSSR count). The van der Waals surface area contributed by atoms with E-state index in [0.29, 0.717) is 19.4 Å². The lowest BCUT2D eigenvalue weighted by Gasteiger charge is -2.56. The maximum absolute atomic E-state index is 14.3. The summed E-state index contributed by atoms with van der Waals surface area (Å²) in [5, 5.41) is 2.18. The Morgan fingerprint density at radius 2 is 1.31 bits per heavy atom. The fourth-order valence-corrected chi connectivity index (χ4v) is 18.7. The van der Waals surface area contributed by atoms with Crippen molar-refractivity contribution in [2.45, 2.75) is 153 Å². The number of methoxy groups -OCH3 is 1. The van der Waals surface area contributed by atoms with Crippen molar-refractivity contribution in [1.82, 2.24) is 0 Å². The van der Waals surface area contributed by atoms with Crippen LogP contribution < -0.4 is 10.4 Å². The lowest BCUT2D eigenvalue weighted by Crippen LogP contribution is -2.67. The quantitative estimate of drug-likeness (QED) is 0.0981. The molecule has 0 amide bonds. The molecule has 2 fully saturated rings. The third-order valence-electron chi connectivity index (χ3n) is 12.7. The third-order valence-corrected chi connectivity index (χ3v) is 24.4. The molecule has 0 saturated carbocycles. The van der Waals surface area contributed by atoms with Gasteiger partial charge in [0.15, 0.2) is 23.9 Å². The van der Waals surface area contributed by atoms with E-state index >= 15 is 0 Å². The number of sulfone groups is 1. The zero-order chi connectivity index (χ0) is 42.6. The standard InChI is InChI=1S/C47H70O8SSi2/c1-13-57(14-2,15-3)55-43-37(31-32-51-58(44(5,6)7,40-27-21-17-22-28-40)41-29-23-18-24-30-41)33-38(34-42-36(4)52-46(10,11)54-42)53-47(43,50-12)45(8,9)35-56(48,49)39-25-19-16-20-26-39/h16-31,36,38,42-43H,13-15,32-35H2,1-12H3/b37-31-/t36-,38+,42-,43+,47-/m1/s1. The van der Waals surface area contributed by atoms with Gasteiger partial charge in [-0.05, 0) is 78.4 Å². The van der Waals surface area contributed by atoms with Crippen LogP contribution in [0.3, 0.4) is 0 Å². The first kappa shape index (κ1) is 46.6. The monoisotopic (exact) mass is 850 g/mol. The third kappa shape index (κ3) is 9.53. The maximum Gasteiger partial charge on any atom is 0.261 e. The number of rotatable bonds is 17. The number of ether oxygens (including phenoxy) is 4. The van der Waals surface area contributed by atoms with Crippen molar-refractivity contribution in [2.24, 2.45) is 5.41 Å². The van der Waals surface area contributed by atoms with E-state index in [1.54, 1.807) is 31.4 Å². The van der Waals surface area contributed by atoms with Crippen LogP contribution in [0.1, 0.15) is 89.0 Å². The van der Waals surface area contributed by atoms with Gasteiger partial charge in [-0.3, -0.25) is 0 Å². The van der Waals surface area contributed by atoms with E-state index in [1.807, 2.05) is 40.7 Å². The second kappa shape index (κ2) is 18.3. The molecule has 320 valence electrons. The fourth-order valence-electron chi connectivity index (χ4n) is 9.47. The number of hydrogen-bond acceptors (Lipinski definition) is 8. The average Bonchev–Trinajstić information content (AvgIpc) is 3.45. The number of benzene rings is 3. The SMILES string of the molecule is CC[Si](CC)(CC)O[C@H]1/C(=C\CO[Si](c2ccccc2)(c2ccccc2)C(C)(C)C)C[C@@H](C[C@H]2OC(C)(C)O[C@@H]2C)O[C@@]1(OC)C(C)(C)CS(=O)(=O)c1ccccc1. The summed E-state index contributed by atoms with van der Waals surface area (Å²) in [6, 6.07) is 32.7. The van der Waals surface area contributed by atoms with Gasteiger partial charge in [0, 0.05) is 18.9 Å². The van der Waals surface area contributed by atoms with Gasteiger partial charge in [-0.2, -0.15) is 0 Å². The minimum Gasteiger partial charge on any atom is -0.405 e. The summed E-state index contributed by atoms with van der Waals surface area (Å²) in [6.45, 7) is 23.6. The molecule has 3 aromatic rings. The van der Waals surface area contributed by atoms with Gasteiger partial charge < -0.3 is 27.8 Å². The van der Waals surface area contributed by atoms with E-state index in [2.05, 4.69) is 108 Å². The Bertz CT molecular complexity index is 1860. The Hall–Kier alpha value is -2.46. The van der Waals surface area contributed by atoms with Crippen molar-refractivity contribution in [1.29, 1.82) is 0 Å². The van der Waals surface area contributed by atoms with Crippen LogP contribution >= 0.6 is 0 Å². The molecule has 0 bridgehead atoms. The number of hydrogen-bond donors (Lipinski definition) is 0. The second-order valence-electron chi connectivity index (χ2n) is 18.4. The van der Waals surface area contributed by atoms with Crippen LogP contribution in [-0.4, -0.2) is 80.5 Å². The Balaban J connectivity index is 1.69. The van der Waals surface area contributed by atoms with Crippen molar-refractivity contribution in [3.8, 4) is 0 Å². The summed E-state index contributed by atoms with van der Waals surface area (Å²) in [7, 11) is -7.42. The van der Waals surface area contributed by atoms with Crippen molar-refractivity contribution < 1.29 is 36.2 Å². The summed E-state index contributed by atoms with van der Waals surface area (Å²) in [5.74, 6) is -2.44. The van der Waals surface area contributed by atoms with E-state index in [4.69, 9.17) is 27.8 Å². The van der Waals surface area contributed by atoms with Crippen LogP contribution in [0.15, 0.2) is 108 Å². The van der Waals surface area contributed by atoms with E-state index < -0.39 is 55.7 Å². The molecule has 0 radical (unpaired) electrons. The lowest BCUT2D eigenvalue weighted by atomic mass is 9.75. The highest BCUT2D eigenvalue weighted by Gasteiger charge is 2.61. The minimum atomic E-state index is -3.78. The van der Waals surface area contributed by atoms with Crippen LogP contribution in [0.5, 0.6) is 0 Å². The van der Waals surface area contributed by atoms with Crippen LogP contribution in [0.25, 0.3) is 0 Å². The van der Waals surface area contributed by atoms with Crippen molar-refractivity contribution in [3.05, 3.63) is 103 Å². The summed E-state index contributed by atoms with van der Waals surface area (Å²) < 4.78 is 70.3. The molecule has 0 aromatic heterocycles. The zero-order valence-electron chi connectivity index (χ0n) is 37.2. The van der Waals surface area contributed by atoms with Gasteiger partial charge in [-0.25, -0.2) is 8.42 Å². The Morgan fingerprint density at radius 3 is 1.76 bits per heavy atom. The molecule has 11 heteroatoms. The van der Waals surface area contributed by atoms with E-state index in [9.17, 15) is 8.42 Å². The lowest BCUT2D eigenvalue weighted by molar-refractivity contribution is -0.339. The molecule has 2 saturated heterocycles. The molecule has 58 heavy (non-hydrogen) atoms. The smallest absolute Gasteiger partial charge is 0.261 e. The first-order valence-corrected chi connectivity index (χ1v) is 27.3. The molecule has 2 aliphatic heterocycles. The molecule has 0 unspecified atom stereocenters. The largest absolute Gasteiger partial charge is 0.405 e. The Labute approximate surface area is 352 Å². The fraction of sp³-hybridized carbons (Fsp3) is 0.574. The van der Waals surface area contributed by atoms with Gasteiger partial charge in [0.05, 0.1) is 35.6 Å². The van der Waals surface area contributed by atoms with Crippen molar-refractivity contribution >= 4 is 36.8 Å². The zero-order valence-corrected chi connectivity index (χ0v) is 40.0. The maximum atomic E-state index is 14.3. The topological polar surface area (TPSA) is 89.5 Å². The van der Waals surface area contributed by atoms with E-state index in [-0.39, 0.29) is 27.9 Å². The van der Waals surface area contributed by atoms with Crippen LogP contribution in [0.4, 0.5) is 0 Å². The molecule has 2 heterocycles. The molecular weight excluding hydrogens is 781 g/mol. The average molecular weight is 851 g/mol. The highest BCUT2D eigenvalue weighted by molar-refractivity contribution is 7.91. The van der Waals surface area contributed by atoms with Gasteiger partial charge in [-0.1, -0.05) is 140 Å². The van der Waals surface area contributed by atoms with Crippen LogP contribution in [-0.2, 0) is 37.6 Å². The van der Waals surface area contributed by atoms with Crippen LogP contribution in [0, 0.1) is 5.41 Å². The van der Waals surface area contributed by atoms with Gasteiger partial charge in [0.2, 0.25) is 5.79 Å². The van der Waals surface area contributed by atoms with Gasteiger partial charge >= 0.3 is 0 Å². The highest BCUT2D eigenvalue weighted by atomic mass is 32.2. The highest BCUT2D eigenvalue weighted by Crippen LogP contribution is 2.51. The summed E-state index contributed by atoms with van der Waals surface area (Å²) >= 11 is 0. The van der Waals surface area contributed by atoms with Crippen molar-refractivity contribution in [3.63, 3.8) is 0 Å². The minimum absolute atomic E-state index is 0.165. The Morgan fingerprint density at radius 1 is 0.793 bits per heavy atom. The first-order valence-electron chi connectivity index (χ1n) is 21.2. The molecule has 2 aliphatic rings. The predicted molar refractivity (Wildman–Crippen MR) is 239 cm³/mol. The predicted octanol–water partition coefficient (Wildman–Crippen LogP) is 9.44. The normalized spacial score (nSPS) is 25.3. The van der Waals surface area contributed by atoms with E-state index in [1.165, 1.54) is 10.4 Å². The van der Waals surface area contributed by atoms with Crippen molar-refractivity contribution in [2.75, 3.05) is 19.5 Å². The van der Waals surface area contributed by atoms with Crippen LogP contribution in [0.2, 0.25) is 23.2 Å². The summed E-state index contributed by atoms with van der Waals surface area (Å²) in [5.41, 5.74) is -0.0929. The molecule has 3 aromatic carbocycles. The first-order chi connectivity index (χ1) is 27.2. The van der Waals surface area contributed by atoms with Gasteiger partial charge in [0.25, 0.3) is 8.32 Å². The van der Waals surface area contributed by atoms with Gasteiger partial charge in [-0.15, -0.1) is 0 Å². The molecule has 0 aliphatic carbocycles. The molecule has 8 nitrogen and oxygen atoms in total. The Kier molecular flexibility index (Phi) is 14.7. The van der Waals surface area contributed by atoms with Gasteiger partial charge in [0.1, 0.15) is 6.10 Å².